The summed E-state index contributed by atoms with van der Waals surface area (Å²) in [6.07, 6.45) is 1.88. The molecular weight excluding hydrogens is 258 g/mol. The first kappa shape index (κ1) is 12.1. The second-order valence-corrected chi connectivity index (χ2v) is 5.38. The first-order valence-corrected chi connectivity index (χ1v) is 7.03. The largest absolute Gasteiger partial charge is 0.282 e. The number of hydrogen-bond donors (Lipinski definition) is 1. The van der Waals surface area contributed by atoms with Crippen molar-refractivity contribution in [3.8, 4) is 11.1 Å². The number of aryl methyl sites for hydroxylation is 2. The molecule has 0 bridgehead atoms. The molecule has 102 valence electrons. The molecule has 4 aromatic rings. The van der Waals surface area contributed by atoms with Gasteiger partial charge in [0.15, 0.2) is 0 Å². The Balaban J connectivity index is 2.04. The summed E-state index contributed by atoms with van der Waals surface area (Å²) in [7, 11) is 0. The van der Waals surface area contributed by atoms with E-state index in [9.17, 15) is 0 Å². The van der Waals surface area contributed by atoms with E-state index in [1.165, 1.54) is 27.3 Å². The molecule has 3 nitrogen and oxygen atoms in total. The van der Waals surface area contributed by atoms with Crippen molar-refractivity contribution in [1.29, 1.82) is 0 Å². The minimum Gasteiger partial charge on any atom is -0.282 e. The highest BCUT2D eigenvalue weighted by Crippen LogP contribution is 2.31. The van der Waals surface area contributed by atoms with Crippen LogP contribution in [0.5, 0.6) is 0 Å². The maximum atomic E-state index is 4.38. The Labute approximate surface area is 122 Å². The summed E-state index contributed by atoms with van der Waals surface area (Å²) >= 11 is 0. The summed E-state index contributed by atoms with van der Waals surface area (Å²) in [5.74, 6) is 0. The van der Waals surface area contributed by atoms with Crippen LogP contribution in [0.15, 0.2) is 48.7 Å². The summed E-state index contributed by atoms with van der Waals surface area (Å²) in [6, 6.07) is 14.9. The maximum Gasteiger partial charge on any atom is 0.0924 e. The Morgan fingerprint density at radius 1 is 0.905 bits per heavy atom. The fourth-order valence-electron chi connectivity index (χ4n) is 2.91. The van der Waals surface area contributed by atoms with E-state index in [4.69, 9.17) is 0 Å². The fraction of sp³-hybridized carbons (Fsp3) is 0.111. The van der Waals surface area contributed by atoms with E-state index < -0.39 is 0 Å². The van der Waals surface area contributed by atoms with Crippen LogP contribution in [0.3, 0.4) is 0 Å². The fourth-order valence-corrected chi connectivity index (χ4v) is 2.91. The van der Waals surface area contributed by atoms with E-state index in [2.05, 4.69) is 71.5 Å². The Hall–Kier alpha value is -2.68. The zero-order valence-corrected chi connectivity index (χ0v) is 12.0. The molecule has 0 fully saturated rings. The number of H-pyrrole nitrogens is 1. The van der Waals surface area contributed by atoms with Crippen molar-refractivity contribution in [3.05, 3.63) is 60.0 Å². The lowest BCUT2D eigenvalue weighted by atomic mass is 9.97. The minimum atomic E-state index is 1.01. The molecule has 0 radical (unpaired) electrons. The third-order valence-electron chi connectivity index (χ3n) is 4.06. The van der Waals surface area contributed by atoms with Gasteiger partial charge in [0, 0.05) is 28.4 Å². The Kier molecular flexibility index (Phi) is 2.54. The van der Waals surface area contributed by atoms with E-state index in [1.54, 1.807) is 0 Å². The normalized spacial score (nSPS) is 11.3. The summed E-state index contributed by atoms with van der Waals surface area (Å²) in [6.45, 7) is 4.10. The lowest BCUT2D eigenvalue weighted by molar-refractivity contribution is 1.07. The van der Waals surface area contributed by atoms with Gasteiger partial charge in [-0.2, -0.15) is 5.10 Å². The average molecular weight is 273 g/mol. The first-order valence-electron chi connectivity index (χ1n) is 7.03. The van der Waals surface area contributed by atoms with Crippen molar-refractivity contribution in [2.24, 2.45) is 0 Å². The van der Waals surface area contributed by atoms with Gasteiger partial charge in [-0.1, -0.05) is 24.3 Å². The maximum absolute atomic E-state index is 4.38. The number of aromatic nitrogens is 3. The molecular formula is C18H15N3. The lowest BCUT2D eigenvalue weighted by Crippen LogP contribution is -1.86. The van der Waals surface area contributed by atoms with Gasteiger partial charge in [-0.25, -0.2) is 0 Å². The Bertz CT molecular complexity index is 967. The Morgan fingerprint density at radius 2 is 1.81 bits per heavy atom. The monoisotopic (exact) mass is 273 g/mol. The van der Waals surface area contributed by atoms with Crippen LogP contribution in [-0.4, -0.2) is 15.2 Å². The number of aromatic amines is 1. The van der Waals surface area contributed by atoms with Crippen molar-refractivity contribution in [2.75, 3.05) is 0 Å². The molecule has 4 rings (SSSR count). The second kappa shape index (κ2) is 4.42. The molecule has 21 heavy (non-hydrogen) atoms. The SMILES string of the molecule is Cc1[nH]nc2ccc(-c3cccc4c(C)nccc34)cc12. The van der Waals surface area contributed by atoms with Crippen molar-refractivity contribution in [1.82, 2.24) is 15.2 Å². The summed E-state index contributed by atoms with van der Waals surface area (Å²) in [5.41, 5.74) is 5.62. The molecule has 0 spiro atoms. The van der Waals surface area contributed by atoms with Crippen molar-refractivity contribution in [2.45, 2.75) is 13.8 Å². The molecule has 2 aromatic carbocycles. The average Bonchev–Trinajstić information content (AvgIpc) is 2.88. The molecule has 0 aliphatic rings. The minimum absolute atomic E-state index is 1.01. The highest BCUT2D eigenvalue weighted by Gasteiger charge is 2.08. The number of fused-ring (bicyclic) bond motifs is 2. The molecule has 2 aromatic heterocycles. The second-order valence-electron chi connectivity index (χ2n) is 5.38. The van der Waals surface area contributed by atoms with Gasteiger partial charge in [-0.3, -0.25) is 10.1 Å². The van der Waals surface area contributed by atoms with E-state index in [1.807, 2.05) is 6.20 Å². The number of nitrogens with zero attached hydrogens (tertiary/aromatic N) is 2. The van der Waals surface area contributed by atoms with Gasteiger partial charge in [0.2, 0.25) is 0 Å². The topological polar surface area (TPSA) is 41.6 Å². The van der Waals surface area contributed by atoms with E-state index in [-0.39, 0.29) is 0 Å². The molecule has 0 unspecified atom stereocenters. The number of hydrogen-bond acceptors (Lipinski definition) is 2. The zero-order valence-electron chi connectivity index (χ0n) is 12.0. The molecule has 3 heteroatoms. The number of benzene rings is 2. The predicted molar refractivity (Wildman–Crippen MR) is 86.3 cm³/mol. The zero-order chi connectivity index (χ0) is 14.4. The number of nitrogens with one attached hydrogen (secondary N) is 1. The van der Waals surface area contributed by atoms with Crippen LogP contribution in [0.4, 0.5) is 0 Å². The third kappa shape index (κ3) is 1.82. The molecule has 1 N–H and O–H groups in total. The molecule has 2 heterocycles. The first-order chi connectivity index (χ1) is 10.2. The van der Waals surface area contributed by atoms with Crippen LogP contribution in [0, 0.1) is 13.8 Å². The molecule has 0 aliphatic carbocycles. The highest BCUT2D eigenvalue weighted by molar-refractivity contribution is 5.99. The highest BCUT2D eigenvalue weighted by atomic mass is 15.1. The van der Waals surface area contributed by atoms with Crippen molar-refractivity contribution >= 4 is 21.7 Å². The predicted octanol–water partition coefficient (Wildman–Crippen LogP) is 4.39. The van der Waals surface area contributed by atoms with E-state index in [0.717, 1.165) is 16.9 Å². The van der Waals surface area contributed by atoms with Crippen LogP contribution < -0.4 is 0 Å². The van der Waals surface area contributed by atoms with Gasteiger partial charge >= 0.3 is 0 Å². The molecule has 0 atom stereocenters. The van der Waals surface area contributed by atoms with Crippen LogP contribution >= 0.6 is 0 Å². The van der Waals surface area contributed by atoms with Crippen LogP contribution in [-0.2, 0) is 0 Å². The van der Waals surface area contributed by atoms with Crippen LogP contribution in [0.1, 0.15) is 11.4 Å². The molecule has 0 amide bonds. The molecule has 0 saturated heterocycles. The van der Waals surface area contributed by atoms with Crippen molar-refractivity contribution in [3.63, 3.8) is 0 Å². The lowest BCUT2D eigenvalue weighted by Gasteiger charge is -2.08. The Morgan fingerprint density at radius 3 is 2.71 bits per heavy atom. The standard InChI is InChI=1S/C18H15N3/c1-11-14-4-3-5-15(16(14)8-9-19-11)13-6-7-18-17(10-13)12(2)20-21-18/h3-10H,1-2H3,(H,20,21). The summed E-state index contributed by atoms with van der Waals surface area (Å²) < 4.78 is 0. The summed E-state index contributed by atoms with van der Waals surface area (Å²) in [5, 5.41) is 11.0. The molecule has 0 saturated carbocycles. The van der Waals surface area contributed by atoms with Gasteiger partial charge < -0.3 is 0 Å². The van der Waals surface area contributed by atoms with Crippen molar-refractivity contribution < 1.29 is 0 Å². The van der Waals surface area contributed by atoms with Gasteiger partial charge in [0.05, 0.1) is 5.52 Å². The van der Waals surface area contributed by atoms with Gasteiger partial charge in [0.25, 0.3) is 0 Å². The van der Waals surface area contributed by atoms with Crippen LogP contribution in [0.2, 0.25) is 0 Å². The number of rotatable bonds is 1. The van der Waals surface area contributed by atoms with Crippen LogP contribution in [0.25, 0.3) is 32.8 Å². The third-order valence-corrected chi connectivity index (χ3v) is 4.06. The quantitative estimate of drug-likeness (QED) is 0.558. The smallest absolute Gasteiger partial charge is 0.0924 e. The van der Waals surface area contributed by atoms with Gasteiger partial charge in [0.1, 0.15) is 0 Å². The molecule has 0 aliphatic heterocycles. The van der Waals surface area contributed by atoms with Gasteiger partial charge in [-0.15, -0.1) is 0 Å². The summed E-state index contributed by atoms with van der Waals surface area (Å²) in [4.78, 5) is 4.38. The number of pyridine rings is 1. The van der Waals surface area contributed by atoms with Gasteiger partial charge in [-0.05, 0) is 48.6 Å². The van der Waals surface area contributed by atoms with E-state index >= 15 is 0 Å². The van der Waals surface area contributed by atoms with E-state index in [0.29, 0.717) is 0 Å².